The first-order chi connectivity index (χ1) is 15.4. The van der Waals surface area contributed by atoms with Gasteiger partial charge in [0, 0.05) is 6.54 Å². The molecular weight excluding hydrogens is 437 g/mol. The van der Waals surface area contributed by atoms with Crippen LogP contribution in [-0.4, -0.2) is 40.3 Å². The molecule has 11 heteroatoms. The summed E-state index contributed by atoms with van der Waals surface area (Å²) < 4.78 is 30.8. The van der Waals surface area contributed by atoms with E-state index in [-0.39, 0.29) is 18.3 Å². The fourth-order valence-electron chi connectivity index (χ4n) is 2.73. The first-order valence-corrected chi connectivity index (χ1v) is 10.5. The van der Waals surface area contributed by atoms with E-state index < -0.39 is 11.1 Å². The van der Waals surface area contributed by atoms with Gasteiger partial charge in [0.05, 0.1) is 19.5 Å². The smallest absolute Gasteiger partial charge is 0.233 e. The number of hydrogen-bond acceptors (Lipinski definition) is 8. The summed E-state index contributed by atoms with van der Waals surface area (Å²) in [6.45, 7) is 1.99. The van der Waals surface area contributed by atoms with Gasteiger partial charge < -0.3 is 25.4 Å². The molecule has 0 spiro atoms. The molecule has 1 atom stereocenters. The van der Waals surface area contributed by atoms with Crippen LogP contribution in [0.4, 0.5) is 4.39 Å². The maximum Gasteiger partial charge on any atom is 0.233 e. The molecule has 9 nitrogen and oxygen atoms in total. The number of aromatic nitrogens is 3. The number of nitrogens with two attached hydrogens (primary N) is 1. The molecule has 3 aromatic rings. The summed E-state index contributed by atoms with van der Waals surface area (Å²) in [7, 11) is 3.11. The molecule has 170 valence electrons. The van der Waals surface area contributed by atoms with Crippen LogP contribution in [0.1, 0.15) is 18.3 Å². The Kier molecular flexibility index (Phi) is 7.77. The summed E-state index contributed by atoms with van der Waals surface area (Å²) in [6.07, 6.45) is 0. The van der Waals surface area contributed by atoms with Crippen LogP contribution in [0.5, 0.6) is 17.2 Å². The van der Waals surface area contributed by atoms with Gasteiger partial charge in [-0.05, 0) is 36.8 Å². The molecule has 0 fully saturated rings. The Morgan fingerprint density at radius 2 is 1.91 bits per heavy atom. The summed E-state index contributed by atoms with van der Waals surface area (Å²) in [5.74, 6) is 6.93. The number of amides is 1. The average Bonchev–Trinajstić information content (AvgIpc) is 3.15. The van der Waals surface area contributed by atoms with Crippen LogP contribution in [0.3, 0.4) is 0 Å². The standard InChI is InChI=1S/C21H24FN5O4S/c1-13(20(28)24-11-14-8-9-17(29-2)18(10-14)30-3)32-21-26-25-19(27(21)23)12-31-16-7-5-4-6-15(16)22/h4-10,13H,11-12,23H2,1-3H3,(H,24,28)/t13-/m0/s1. The predicted molar refractivity (Wildman–Crippen MR) is 118 cm³/mol. The van der Waals surface area contributed by atoms with E-state index in [0.717, 1.165) is 17.3 Å². The third-order valence-electron chi connectivity index (χ3n) is 4.49. The van der Waals surface area contributed by atoms with Crippen LogP contribution in [0.15, 0.2) is 47.6 Å². The van der Waals surface area contributed by atoms with Crippen molar-refractivity contribution >= 4 is 17.7 Å². The van der Waals surface area contributed by atoms with Gasteiger partial charge in [-0.25, -0.2) is 9.07 Å². The van der Waals surface area contributed by atoms with Crippen LogP contribution in [0.25, 0.3) is 0 Å². The van der Waals surface area contributed by atoms with E-state index in [1.54, 1.807) is 45.4 Å². The minimum Gasteiger partial charge on any atom is -0.493 e. The molecule has 0 saturated heterocycles. The highest BCUT2D eigenvalue weighted by Gasteiger charge is 2.20. The highest BCUT2D eigenvalue weighted by Crippen LogP contribution is 2.27. The van der Waals surface area contributed by atoms with Crippen LogP contribution in [0.2, 0.25) is 0 Å². The first kappa shape index (κ1) is 23.2. The number of para-hydroxylation sites is 1. The van der Waals surface area contributed by atoms with E-state index in [1.165, 1.54) is 16.8 Å². The van der Waals surface area contributed by atoms with E-state index in [2.05, 4.69) is 15.5 Å². The Morgan fingerprint density at radius 3 is 2.62 bits per heavy atom. The number of carbonyl (C=O) groups is 1. The van der Waals surface area contributed by atoms with Crippen molar-refractivity contribution in [3.63, 3.8) is 0 Å². The van der Waals surface area contributed by atoms with Gasteiger partial charge in [0.15, 0.2) is 28.9 Å². The molecule has 0 saturated carbocycles. The lowest BCUT2D eigenvalue weighted by molar-refractivity contribution is -0.120. The van der Waals surface area contributed by atoms with Crippen molar-refractivity contribution in [1.82, 2.24) is 20.2 Å². The van der Waals surface area contributed by atoms with Crippen LogP contribution in [0, 0.1) is 5.82 Å². The number of nitrogen functional groups attached to an aromatic ring is 1. The van der Waals surface area contributed by atoms with E-state index in [4.69, 9.17) is 20.1 Å². The SMILES string of the molecule is COc1ccc(CNC(=O)[C@H](C)Sc2nnc(COc3ccccc3F)n2N)cc1OC. The number of ether oxygens (including phenoxy) is 3. The van der Waals surface area contributed by atoms with E-state index in [1.807, 2.05) is 6.07 Å². The lowest BCUT2D eigenvalue weighted by atomic mass is 10.2. The van der Waals surface area contributed by atoms with Gasteiger partial charge >= 0.3 is 0 Å². The number of nitrogens with one attached hydrogen (secondary N) is 1. The van der Waals surface area contributed by atoms with Gasteiger partial charge in [0.1, 0.15) is 6.61 Å². The zero-order chi connectivity index (χ0) is 23.1. The number of rotatable bonds is 10. The summed E-state index contributed by atoms with van der Waals surface area (Å²) in [5.41, 5.74) is 0.864. The number of nitrogens with zero attached hydrogens (tertiary/aromatic N) is 3. The lowest BCUT2D eigenvalue weighted by Crippen LogP contribution is -2.31. The molecule has 3 N–H and O–H groups in total. The first-order valence-electron chi connectivity index (χ1n) is 9.65. The molecule has 2 aromatic carbocycles. The summed E-state index contributed by atoms with van der Waals surface area (Å²) >= 11 is 1.15. The van der Waals surface area contributed by atoms with Crippen molar-refractivity contribution in [3.8, 4) is 17.2 Å². The van der Waals surface area contributed by atoms with Crippen molar-refractivity contribution in [1.29, 1.82) is 0 Å². The summed E-state index contributed by atoms with van der Waals surface area (Å²) in [4.78, 5) is 12.5. The molecule has 3 rings (SSSR count). The largest absolute Gasteiger partial charge is 0.493 e. The Hall–Kier alpha value is -3.47. The Balaban J connectivity index is 1.54. The van der Waals surface area contributed by atoms with Gasteiger partial charge in [-0.2, -0.15) is 0 Å². The monoisotopic (exact) mass is 461 g/mol. The molecule has 0 aliphatic carbocycles. The number of benzene rings is 2. The average molecular weight is 462 g/mol. The predicted octanol–water partition coefficient (Wildman–Crippen LogP) is 2.52. The van der Waals surface area contributed by atoms with Crippen LogP contribution >= 0.6 is 11.8 Å². The minimum absolute atomic E-state index is 0.0646. The van der Waals surface area contributed by atoms with Crippen molar-refractivity contribution < 1.29 is 23.4 Å². The number of methoxy groups -OCH3 is 2. The quantitative estimate of drug-likeness (QED) is 0.350. The van der Waals surface area contributed by atoms with Crippen LogP contribution < -0.4 is 25.4 Å². The number of hydrogen-bond donors (Lipinski definition) is 2. The maximum absolute atomic E-state index is 13.7. The van der Waals surface area contributed by atoms with Gasteiger partial charge in [-0.3, -0.25) is 4.79 Å². The fourth-order valence-corrected chi connectivity index (χ4v) is 3.54. The maximum atomic E-state index is 13.7. The third-order valence-corrected chi connectivity index (χ3v) is 5.55. The number of carbonyl (C=O) groups excluding carboxylic acids is 1. The minimum atomic E-state index is -0.484. The number of thioether (sulfide) groups is 1. The Bertz CT molecular complexity index is 1080. The van der Waals surface area contributed by atoms with E-state index in [9.17, 15) is 9.18 Å². The van der Waals surface area contributed by atoms with E-state index in [0.29, 0.717) is 29.0 Å². The van der Waals surface area contributed by atoms with Crippen LogP contribution in [-0.2, 0) is 17.9 Å². The van der Waals surface area contributed by atoms with Crippen molar-refractivity contribution in [2.75, 3.05) is 20.1 Å². The van der Waals surface area contributed by atoms with Gasteiger partial charge in [0.2, 0.25) is 11.1 Å². The molecular formula is C21H24FN5O4S. The van der Waals surface area contributed by atoms with Gasteiger partial charge in [-0.1, -0.05) is 30.0 Å². The molecule has 1 heterocycles. The van der Waals surface area contributed by atoms with Gasteiger partial charge in [-0.15, -0.1) is 10.2 Å². The highest BCUT2D eigenvalue weighted by molar-refractivity contribution is 8.00. The molecule has 0 radical (unpaired) electrons. The Morgan fingerprint density at radius 1 is 1.16 bits per heavy atom. The lowest BCUT2D eigenvalue weighted by Gasteiger charge is -2.13. The second-order valence-electron chi connectivity index (χ2n) is 6.66. The zero-order valence-electron chi connectivity index (χ0n) is 17.9. The van der Waals surface area contributed by atoms with E-state index >= 15 is 0 Å². The topological polar surface area (TPSA) is 114 Å². The molecule has 0 aliphatic heterocycles. The zero-order valence-corrected chi connectivity index (χ0v) is 18.7. The van der Waals surface area contributed by atoms with Crippen molar-refractivity contribution in [2.24, 2.45) is 0 Å². The molecule has 1 aromatic heterocycles. The molecule has 32 heavy (non-hydrogen) atoms. The highest BCUT2D eigenvalue weighted by atomic mass is 32.2. The van der Waals surface area contributed by atoms with Crippen molar-refractivity contribution in [3.05, 3.63) is 59.7 Å². The second kappa shape index (κ2) is 10.7. The summed E-state index contributed by atoms with van der Waals surface area (Å²) in [6, 6.07) is 11.5. The van der Waals surface area contributed by atoms with Crippen molar-refractivity contribution in [2.45, 2.75) is 30.5 Å². The molecule has 0 bridgehead atoms. The fraction of sp³-hybridized carbons (Fsp3) is 0.286. The number of halogens is 1. The van der Waals surface area contributed by atoms with Gasteiger partial charge in [0.25, 0.3) is 0 Å². The molecule has 0 aliphatic rings. The normalized spacial score (nSPS) is 11.6. The second-order valence-corrected chi connectivity index (χ2v) is 7.96. The molecule has 0 unspecified atom stereocenters. The third kappa shape index (κ3) is 5.61. The summed E-state index contributed by atoms with van der Waals surface area (Å²) in [5, 5.41) is 10.7. The Labute approximate surface area is 189 Å². The molecule has 1 amide bonds.